The maximum absolute atomic E-state index is 14.4. The fourth-order valence-corrected chi connectivity index (χ4v) is 4.03. The minimum absolute atomic E-state index is 0.109. The second-order valence-corrected chi connectivity index (χ2v) is 7.52. The number of aromatic nitrogens is 1. The van der Waals surface area contributed by atoms with Crippen LogP contribution in [0.25, 0.3) is 32.6 Å². The van der Waals surface area contributed by atoms with Crippen LogP contribution < -0.4 is 4.90 Å². The molecule has 0 aliphatic carbocycles. The van der Waals surface area contributed by atoms with Gasteiger partial charge in [0.15, 0.2) is 0 Å². The lowest BCUT2D eigenvalue weighted by atomic mass is 10.0. The Balaban J connectivity index is 1.76. The van der Waals surface area contributed by atoms with Crippen molar-refractivity contribution in [3.8, 4) is 5.75 Å². The highest BCUT2D eigenvalue weighted by atomic mass is 35.5. The summed E-state index contributed by atoms with van der Waals surface area (Å²) in [5.74, 6) is -1.57. The minimum Gasteiger partial charge on any atom is -0.506 e. The maximum Gasteiger partial charge on any atom is 0.416 e. The van der Waals surface area contributed by atoms with Gasteiger partial charge in [-0.05, 0) is 53.9 Å². The van der Waals surface area contributed by atoms with Crippen LogP contribution >= 0.6 is 11.6 Å². The Morgan fingerprint density at radius 1 is 0.903 bits per heavy atom. The molecule has 0 atom stereocenters. The van der Waals surface area contributed by atoms with Gasteiger partial charge in [0.05, 0.1) is 16.9 Å². The third-order valence-electron chi connectivity index (χ3n) is 5.23. The number of halogens is 3. The monoisotopic (exact) mass is 438 g/mol. The van der Waals surface area contributed by atoms with Gasteiger partial charge in [-0.25, -0.2) is 18.5 Å². The first-order chi connectivity index (χ1) is 14.8. The number of amides is 1. The standard InChI is InChI=1S/C23H13ClF2N2O3/c24-12-2-6-19(17(26)8-12)28(23(30)31)20-7-11-1-4-14-16-9-13(25)3-5-18(16)27-22(14)15(11)10-21(20)29/h1-10,27,29H,(H,30,31). The number of nitrogens with zero attached hydrogens (tertiary/aromatic N) is 1. The Morgan fingerprint density at radius 2 is 1.71 bits per heavy atom. The smallest absolute Gasteiger partial charge is 0.416 e. The van der Waals surface area contributed by atoms with Gasteiger partial charge in [-0.15, -0.1) is 0 Å². The molecule has 0 spiro atoms. The van der Waals surface area contributed by atoms with E-state index in [-0.39, 0.29) is 28.0 Å². The van der Waals surface area contributed by atoms with Crippen LogP contribution in [0, 0.1) is 11.6 Å². The summed E-state index contributed by atoms with van der Waals surface area (Å²) >= 11 is 5.77. The molecule has 0 fully saturated rings. The Kier molecular flexibility index (Phi) is 4.23. The van der Waals surface area contributed by atoms with Crippen molar-refractivity contribution in [1.82, 2.24) is 4.98 Å². The van der Waals surface area contributed by atoms with Gasteiger partial charge in [-0.2, -0.15) is 0 Å². The Hall–Kier alpha value is -3.84. The van der Waals surface area contributed by atoms with Crippen molar-refractivity contribution in [3.63, 3.8) is 0 Å². The highest BCUT2D eigenvalue weighted by Gasteiger charge is 2.24. The molecule has 0 saturated heterocycles. The molecule has 5 rings (SSSR count). The van der Waals surface area contributed by atoms with Crippen LogP contribution in [-0.2, 0) is 0 Å². The molecule has 0 aliphatic rings. The first-order valence-electron chi connectivity index (χ1n) is 9.18. The fourth-order valence-electron chi connectivity index (χ4n) is 3.87. The van der Waals surface area contributed by atoms with Gasteiger partial charge in [0.1, 0.15) is 17.4 Å². The second kappa shape index (κ2) is 6.85. The third kappa shape index (κ3) is 3.02. The summed E-state index contributed by atoms with van der Waals surface area (Å²) in [4.78, 5) is 15.8. The molecule has 4 aromatic carbocycles. The summed E-state index contributed by atoms with van der Waals surface area (Å²) in [6.07, 6.45) is -1.47. The molecule has 0 saturated carbocycles. The van der Waals surface area contributed by atoms with Gasteiger partial charge in [-0.1, -0.05) is 23.7 Å². The number of hydrogen-bond acceptors (Lipinski definition) is 2. The quantitative estimate of drug-likeness (QED) is 0.280. The minimum atomic E-state index is -1.47. The summed E-state index contributed by atoms with van der Waals surface area (Å²) in [5, 5.41) is 23.2. The SMILES string of the molecule is O=C(O)N(c1cc2ccc3c4cc(F)ccc4[nH]c3c2cc1O)c1ccc(Cl)cc1F. The van der Waals surface area contributed by atoms with Gasteiger partial charge in [-0.3, -0.25) is 0 Å². The van der Waals surface area contributed by atoms with Gasteiger partial charge < -0.3 is 15.2 Å². The predicted octanol–water partition coefficient (Wildman–Crippen LogP) is 6.93. The molecular formula is C23H13ClF2N2O3. The summed E-state index contributed by atoms with van der Waals surface area (Å²) < 4.78 is 28.1. The van der Waals surface area contributed by atoms with Crippen LogP contribution in [0.3, 0.4) is 0 Å². The van der Waals surface area contributed by atoms with Crippen molar-refractivity contribution >= 4 is 61.6 Å². The van der Waals surface area contributed by atoms with E-state index >= 15 is 0 Å². The number of aromatic amines is 1. The van der Waals surface area contributed by atoms with Crippen LogP contribution in [0.5, 0.6) is 5.75 Å². The van der Waals surface area contributed by atoms with E-state index in [1.54, 1.807) is 18.2 Å². The molecule has 0 aliphatic heterocycles. The molecular weight excluding hydrogens is 426 g/mol. The molecule has 3 N–H and O–H groups in total. The first kappa shape index (κ1) is 19.1. The van der Waals surface area contributed by atoms with Gasteiger partial charge in [0.25, 0.3) is 0 Å². The third-order valence-corrected chi connectivity index (χ3v) is 5.46. The van der Waals surface area contributed by atoms with Crippen molar-refractivity contribution < 1.29 is 23.8 Å². The zero-order chi connectivity index (χ0) is 21.9. The number of H-pyrrole nitrogens is 1. The molecule has 154 valence electrons. The number of phenols is 1. The Bertz CT molecular complexity index is 1530. The fraction of sp³-hybridized carbons (Fsp3) is 0. The topological polar surface area (TPSA) is 76.6 Å². The number of rotatable bonds is 2. The largest absolute Gasteiger partial charge is 0.506 e. The van der Waals surface area contributed by atoms with Crippen molar-refractivity contribution in [2.45, 2.75) is 0 Å². The number of nitrogens with one attached hydrogen (secondary N) is 1. The van der Waals surface area contributed by atoms with E-state index < -0.39 is 11.9 Å². The first-order valence-corrected chi connectivity index (χ1v) is 9.56. The normalized spacial score (nSPS) is 11.5. The average molecular weight is 439 g/mol. The molecule has 8 heteroatoms. The summed E-state index contributed by atoms with van der Waals surface area (Å²) in [5.41, 5.74) is 1.01. The highest BCUT2D eigenvalue weighted by molar-refractivity contribution is 6.30. The number of hydrogen-bond donors (Lipinski definition) is 3. The van der Waals surface area contributed by atoms with Crippen LogP contribution in [0.15, 0.2) is 60.7 Å². The zero-order valence-corrected chi connectivity index (χ0v) is 16.4. The van der Waals surface area contributed by atoms with Crippen molar-refractivity contribution in [2.24, 2.45) is 0 Å². The zero-order valence-electron chi connectivity index (χ0n) is 15.7. The lowest BCUT2D eigenvalue weighted by Crippen LogP contribution is -2.24. The van der Waals surface area contributed by atoms with Gasteiger partial charge in [0.2, 0.25) is 0 Å². The van der Waals surface area contributed by atoms with E-state index in [9.17, 15) is 23.8 Å². The number of phenolic OH excluding ortho intramolecular Hbond substituents is 1. The lowest BCUT2D eigenvalue weighted by molar-refractivity contribution is 0.204. The van der Waals surface area contributed by atoms with E-state index in [4.69, 9.17) is 11.6 Å². The van der Waals surface area contributed by atoms with Crippen molar-refractivity contribution in [2.75, 3.05) is 4.90 Å². The summed E-state index contributed by atoms with van der Waals surface area (Å²) in [7, 11) is 0. The molecule has 5 nitrogen and oxygen atoms in total. The van der Waals surface area contributed by atoms with Crippen molar-refractivity contribution in [3.05, 3.63) is 77.3 Å². The summed E-state index contributed by atoms with van der Waals surface area (Å²) in [6, 6.07) is 14.4. The van der Waals surface area contributed by atoms with Crippen LogP contribution in [-0.4, -0.2) is 21.3 Å². The number of carbonyl (C=O) groups is 1. The number of fused-ring (bicyclic) bond motifs is 5. The molecule has 1 aromatic heterocycles. The predicted molar refractivity (Wildman–Crippen MR) is 117 cm³/mol. The second-order valence-electron chi connectivity index (χ2n) is 7.08. The number of carboxylic acid groups (broad SMARTS) is 1. The molecule has 0 unspecified atom stereocenters. The summed E-state index contributed by atoms with van der Waals surface area (Å²) in [6.45, 7) is 0. The molecule has 31 heavy (non-hydrogen) atoms. The van der Waals surface area contributed by atoms with E-state index in [0.717, 1.165) is 17.0 Å². The Morgan fingerprint density at radius 3 is 2.45 bits per heavy atom. The van der Waals surface area contributed by atoms with Crippen LogP contribution in [0.1, 0.15) is 0 Å². The highest BCUT2D eigenvalue weighted by Crippen LogP contribution is 2.41. The van der Waals surface area contributed by atoms with Gasteiger partial charge in [0, 0.05) is 26.7 Å². The van der Waals surface area contributed by atoms with E-state index in [0.29, 0.717) is 26.6 Å². The lowest BCUT2D eigenvalue weighted by Gasteiger charge is -2.21. The van der Waals surface area contributed by atoms with Gasteiger partial charge >= 0.3 is 6.09 Å². The molecule has 1 heterocycles. The van der Waals surface area contributed by atoms with Crippen molar-refractivity contribution in [1.29, 1.82) is 0 Å². The van der Waals surface area contributed by atoms with E-state index in [1.807, 2.05) is 0 Å². The van der Waals surface area contributed by atoms with Crippen LogP contribution in [0.4, 0.5) is 25.0 Å². The molecule has 1 amide bonds. The number of anilines is 2. The van der Waals surface area contributed by atoms with E-state index in [1.165, 1.54) is 36.4 Å². The Labute approximate surface area is 178 Å². The molecule has 0 bridgehead atoms. The van der Waals surface area contributed by atoms with E-state index in [2.05, 4.69) is 4.98 Å². The molecule has 5 aromatic rings. The number of benzene rings is 4. The molecule has 0 radical (unpaired) electrons. The maximum atomic E-state index is 14.4. The average Bonchev–Trinajstić information content (AvgIpc) is 3.08. The number of aromatic hydroxyl groups is 1. The van der Waals surface area contributed by atoms with Crippen LogP contribution in [0.2, 0.25) is 5.02 Å².